The number of nitrogens with one attached hydrogen (secondary N) is 2. The van der Waals surface area contributed by atoms with Gasteiger partial charge in [-0.15, -0.1) is 0 Å². The highest BCUT2D eigenvalue weighted by Gasteiger charge is 2.24. The summed E-state index contributed by atoms with van der Waals surface area (Å²) < 4.78 is 35.1. The lowest BCUT2D eigenvalue weighted by Gasteiger charge is -2.18. The predicted molar refractivity (Wildman–Crippen MR) is 140 cm³/mol. The van der Waals surface area contributed by atoms with Crippen LogP contribution in [0, 0.1) is 6.92 Å². The molecular weight excluding hydrogens is 492 g/mol. The third-order valence-electron chi connectivity index (χ3n) is 5.90. The van der Waals surface area contributed by atoms with Crippen molar-refractivity contribution in [2.45, 2.75) is 31.6 Å². The molecule has 1 aliphatic rings. The van der Waals surface area contributed by atoms with Crippen molar-refractivity contribution in [1.29, 1.82) is 0 Å². The van der Waals surface area contributed by atoms with E-state index in [1.54, 1.807) is 42.5 Å². The fourth-order valence-electron chi connectivity index (χ4n) is 4.17. The number of fused-ring (bicyclic) bond motifs is 6. The first kappa shape index (κ1) is 24.3. The summed E-state index contributed by atoms with van der Waals surface area (Å²) in [7, 11) is -4.14. The molecule has 3 N–H and O–H groups in total. The van der Waals surface area contributed by atoms with Gasteiger partial charge < -0.3 is 15.2 Å². The van der Waals surface area contributed by atoms with Gasteiger partial charge in [0.1, 0.15) is 11.5 Å². The van der Waals surface area contributed by atoms with Crippen LogP contribution in [0.4, 0.5) is 11.6 Å². The second-order valence-electron chi connectivity index (χ2n) is 8.62. The number of carbonyl (C=O) groups excluding carboxylic acids is 1. The number of hydrogen-bond donors (Lipinski definition) is 3. The van der Waals surface area contributed by atoms with E-state index in [1.807, 2.05) is 19.9 Å². The van der Waals surface area contributed by atoms with Crippen LogP contribution < -0.4 is 14.8 Å². The van der Waals surface area contributed by atoms with Crippen LogP contribution in [-0.4, -0.2) is 29.4 Å². The van der Waals surface area contributed by atoms with Gasteiger partial charge in [-0.3, -0.25) is 4.79 Å². The predicted octanol–water partition coefficient (Wildman–Crippen LogP) is 5.27. The molecular formula is C27H24N4O5S. The molecule has 1 amide bonds. The van der Waals surface area contributed by atoms with Crippen LogP contribution in [0.2, 0.25) is 0 Å². The number of hydrogen-bond acceptors (Lipinski definition) is 7. The number of amides is 1. The third kappa shape index (κ3) is 4.83. The average Bonchev–Trinajstić information content (AvgIpc) is 2.85. The number of aromatic hydroxyl groups is 1. The molecule has 10 heteroatoms. The number of phenols is 1. The number of anilines is 2. The van der Waals surface area contributed by atoms with E-state index in [0.717, 1.165) is 5.56 Å². The SMILES string of the molecule is CCCc1c2nc(nc1-c1c(C)cccc1O)NS(=O)(=O)c1cccc(c1)NC(=O)c1cccc(c1)O2. The standard InChI is InChI=1S/C27H24N4O5S/c1-3-7-21-24(23-16(2)8-4-13-22(23)32)29-27-30-26(21)36-19-11-5-9-17(14-19)25(33)28-18-10-6-12-20(15-18)37(34,35)31-27/h4-6,8-15,32H,3,7H2,1-2H3,(H,28,33)(H,29,30,31). The van der Waals surface area contributed by atoms with Crippen LogP contribution in [0.1, 0.15) is 34.8 Å². The van der Waals surface area contributed by atoms with E-state index in [-0.39, 0.29) is 22.5 Å². The normalized spacial score (nSPS) is 14.1. The van der Waals surface area contributed by atoms with Crippen molar-refractivity contribution in [3.8, 4) is 28.6 Å². The number of benzene rings is 3. The summed E-state index contributed by atoms with van der Waals surface area (Å²) in [6.07, 6.45) is 1.20. The zero-order valence-electron chi connectivity index (χ0n) is 20.1. The van der Waals surface area contributed by atoms with E-state index in [9.17, 15) is 18.3 Å². The molecule has 2 heterocycles. The lowest BCUT2D eigenvalue weighted by atomic mass is 9.98. The van der Waals surface area contributed by atoms with Gasteiger partial charge in [-0.25, -0.2) is 18.1 Å². The van der Waals surface area contributed by atoms with Gasteiger partial charge in [0.05, 0.1) is 10.6 Å². The average molecular weight is 517 g/mol. The van der Waals surface area contributed by atoms with Crippen LogP contribution in [0.25, 0.3) is 11.3 Å². The summed E-state index contributed by atoms with van der Waals surface area (Å²) in [6.45, 7) is 3.81. The minimum absolute atomic E-state index is 0.00316. The minimum atomic E-state index is -4.14. The lowest BCUT2D eigenvalue weighted by Crippen LogP contribution is -2.18. The Bertz CT molecular complexity index is 1620. The van der Waals surface area contributed by atoms with Gasteiger partial charge in [0.15, 0.2) is 0 Å². The number of nitrogens with zero attached hydrogens (tertiary/aromatic N) is 2. The van der Waals surface area contributed by atoms with Gasteiger partial charge >= 0.3 is 0 Å². The van der Waals surface area contributed by atoms with Crippen LogP contribution in [-0.2, 0) is 16.4 Å². The van der Waals surface area contributed by atoms with Crippen molar-refractivity contribution in [3.63, 3.8) is 0 Å². The monoisotopic (exact) mass is 516 g/mol. The number of carbonyl (C=O) groups is 1. The third-order valence-corrected chi connectivity index (χ3v) is 7.22. The second kappa shape index (κ2) is 9.55. The molecule has 1 aromatic heterocycles. The molecule has 5 rings (SSSR count). The fourth-order valence-corrected chi connectivity index (χ4v) is 5.16. The largest absolute Gasteiger partial charge is 0.507 e. The Morgan fingerprint density at radius 1 is 1.00 bits per heavy atom. The molecule has 9 nitrogen and oxygen atoms in total. The molecule has 1 aliphatic heterocycles. The van der Waals surface area contributed by atoms with Crippen molar-refractivity contribution in [1.82, 2.24) is 9.97 Å². The number of rotatable bonds is 3. The topological polar surface area (TPSA) is 131 Å². The molecule has 37 heavy (non-hydrogen) atoms. The summed E-state index contributed by atoms with van der Waals surface area (Å²) >= 11 is 0. The number of ether oxygens (including phenoxy) is 1. The Kier molecular flexibility index (Phi) is 6.26. The molecule has 6 bridgehead atoms. The van der Waals surface area contributed by atoms with Gasteiger partial charge in [0.2, 0.25) is 11.8 Å². The highest BCUT2D eigenvalue weighted by molar-refractivity contribution is 7.92. The van der Waals surface area contributed by atoms with Crippen molar-refractivity contribution >= 4 is 27.6 Å². The first-order valence-electron chi connectivity index (χ1n) is 11.7. The Labute approximate surface area is 214 Å². The lowest BCUT2D eigenvalue weighted by molar-refractivity contribution is 0.102. The Hall–Kier alpha value is -4.44. The molecule has 0 spiro atoms. The van der Waals surface area contributed by atoms with Crippen molar-refractivity contribution in [2.75, 3.05) is 10.0 Å². The molecule has 188 valence electrons. The maximum absolute atomic E-state index is 13.3. The van der Waals surface area contributed by atoms with E-state index in [1.165, 1.54) is 18.2 Å². The number of aryl methyl sites for hydroxylation is 1. The summed E-state index contributed by atoms with van der Waals surface area (Å²) in [6, 6.07) is 17.6. The summed E-state index contributed by atoms with van der Waals surface area (Å²) in [5, 5.41) is 13.5. The molecule has 4 aromatic rings. The maximum Gasteiger partial charge on any atom is 0.264 e. The first-order chi connectivity index (χ1) is 17.7. The fraction of sp³-hybridized carbons (Fsp3) is 0.148. The van der Waals surface area contributed by atoms with Crippen molar-refractivity contribution in [2.24, 2.45) is 0 Å². The van der Waals surface area contributed by atoms with Crippen LogP contribution >= 0.6 is 0 Å². The summed E-state index contributed by atoms with van der Waals surface area (Å²) in [5.41, 5.74) is 2.78. The van der Waals surface area contributed by atoms with E-state index >= 15 is 0 Å². The first-order valence-corrected chi connectivity index (χ1v) is 13.2. The van der Waals surface area contributed by atoms with E-state index in [0.29, 0.717) is 46.7 Å². The quantitative estimate of drug-likeness (QED) is 0.338. The highest BCUT2D eigenvalue weighted by atomic mass is 32.2. The Morgan fingerprint density at radius 2 is 1.78 bits per heavy atom. The number of aromatic nitrogens is 2. The number of phenolic OH excluding ortho intramolecular Hbond substituents is 1. The van der Waals surface area contributed by atoms with E-state index in [2.05, 4.69) is 20.0 Å². The van der Waals surface area contributed by atoms with Gasteiger partial charge in [-0.1, -0.05) is 37.6 Å². The highest BCUT2D eigenvalue weighted by Crippen LogP contribution is 2.39. The Morgan fingerprint density at radius 3 is 2.57 bits per heavy atom. The Balaban J connectivity index is 1.80. The zero-order chi connectivity index (χ0) is 26.2. The molecule has 0 aliphatic carbocycles. The van der Waals surface area contributed by atoms with E-state index < -0.39 is 15.9 Å². The van der Waals surface area contributed by atoms with E-state index in [4.69, 9.17) is 4.74 Å². The molecule has 0 fully saturated rings. The smallest absolute Gasteiger partial charge is 0.264 e. The minimum Gasteiger partial charge on any atom is -0.507 e. The molecule has 0 atom stereocenters. The zero-order valence-corrected chi connectivity index (χ0v) is 21.0. The van der Waals surface area contributed by atoms with Gasteiger partial charge in [0, 0.05) is 22.4 Å². The van der Waals surface area contributed by atoms with Crippen molar-refractivity contribution < 1.29 is 23.1 Å². The molecule has 0 unspecified atom stereocenters. The van der Waals surface area contributed by atoms with Crippen LogP contribution in [0.15, 0.2) is 71.6 Å². The van der Waals surface area contributed by atoms with Crippen LogP contribution in [0.3, 0.4) is 0 Å². The van der Waals surface area contributed by atoms with Crippen LogP contribution in [0.5, 0.6) is 17.4 Å². The van der Waals surface area contributed by atoms with Gasteiger partial charge in [-0.05, 0) is 61.4 Å². The van der Waals surface area contributed by atoms with Gasteiger partial charge in [-0.2, -0.15) is 4.98 Å². The second-order valence-corrected chi connectivity index (χ2v) is 10.3. The number of sulfonamides is 1. The van der Waals surface area contributed by atoms with Crippen molar-refractivity contribution in [3.05, 3.63) is 83.4 Å². The molecule has 0 saturated heterocycles. The summed E-state index contributed by atoms with van der Waals surface area (Å²) in [4.78, 5) is 21.8. The summed E-state index contributed by atoms with van der Waals surface area (Å²) in [5.74, 6) is -0.182. The molecule has 0 radical (unpaired) electrons. The molecule has 3 aromatic carbocycles. The van der Waals surface area contributed by atoms with Gasteiger partial charge in [0.25, 0.3) is 15.9 Å². The maximum atomic E-state index is 13.3. The molecule has 0 saturated carbocycles.